The van der Waals surface area contributed by atoms with Crippen LogP contribution in [0.3, 0.4) is 0 Å². The van der Waals surface area contributed by atoms with Gasteiger partial charge in [0, 0.05) is 12.8 Å². The van der Waals surface area contributed by atoms with Gasteiger partial charge in [-0.15, -0.1) is 0 Å². The molecule has 1 unspecified atom stereocenters. The lowest BCUT2D eigenvalue weighted by atomic mass is 10.0. The first kappa shape index (κ1) is 56.6. The predicted molar refractivity (Wildman–Crippen MR) is 256 cm³/mol. The number of allylic oxidation sites excluding steroid dienone is 10. The lowest BCUT2D eigenvalue weighted by Crippen LogP contribution is -2.28. The number of hydrogen-bond donors (Lipinski definition) is 1. The molecule has 5 heteroatoms. The summed E-state index contributed by atoms with van der Waals surface area (Å²) in [5.41, 5.74) is 0. The molecule has 0 aliphatic carbocycles. The van der Waals surface area contributed by atoms with Crippen LogP contribution in [0.5, 0.6) is 0 Å². The zero-order valence-electron chi connectivity index (χ0n) is 39.0. The molecule has 342 valence electrons. The van der Waals surface area contributed by atoms with E-state index in [1.54, 1.807) is 0 Å². The van der Waals surface area contributed by atoms with E-state index < -0.39 is 6.10 Å². The SMILES string of the molecule is CCCC/C=C\C/C=C\CCCCCCCC(=O)OCC(CO)OC(=O)CCCCCCCCCCCCCCCCCC/C=C\C/C=C\C/C=C\CCCCCCC. The van der Waals surface area contributed by atoms with Crippen LogP contribution in [-0.4, -0.2) is 36.4 Å². The molecule has 0 fully saturated rings. The molecule has 1 atom stereocenters. The molecule has 0 saturated carbocycles. The minimum Gasteiger partial charge on any atom is -0.462 e. The normalized spacial score (nSPS) is 12.7. The van der Waals surface area contributed by atoms with Gasteiger partial charge in [-0.3, -0.25) is 9.59 Å². The van der Waals surface area contributed by atoms with Crippen LogP contribution in [0.15, 0.2) is 60.8 Å². The Bertz CT molecular complexity index is 1020. The molecule has 0 heterocycles. The zero-order chi connectivity index (χ0) is 42.8. The van der Waals surface area contributed by atoms with Crippen LogP contribution in [-0.2, 0) is 19.1 Å². The summed E-state index contributed by atoms with van der Waals surface area (Å²) >= 11 is 0. The summed E-state index contributed by atoms with van der Waals surface area (Å²) < 4.78 is 10.6. The van der Waals surface area contributed by atoms with Crippen LogP contribution in [0.25, 0.3) is 0 Å². The second kappa shape index (κ2) is 50.0. The molecule has 0 bridgehead atoms. The van der Waals surface area contributed by atoms with Crippen LogP contribution >= 0.6 is 0 Å². The van der Waals surface area contributed by atoms with Crippen LogP contribution < -0.4 is 0 Å². The molecule has 0 spiro atoms. The van der Waals surface area contributed by atoms with Crippen molar-refractivity contribution in [2.24, 2.45) is 0 Å². The summed E-state index contributed by atoms with van der Waals surface area (Å²) in [5.74, 6) is -0.603. The van der Waals surface area contributed by atoms with E-state index in [9.17, 15) is 14.7 Å². The van der Waals surface area contributed by atoms with Gasteiger partial charge in [0.2, 0.25) is 0 Å². The maximum absolute atomic E-state index is 12.3. The summed E-state index contributed by atoms with van der Waals surface area (Å²) in [6.07, 6.45) is 66.1. The van der Waals surface area contributed by atoms with Gasteiger partial charge < -0.3 is 14.6 Å². The second-order valence-corrected chi connectivity index (χ2v) is 16.9. The Kier molecular flexibility index (Phi) is 47.9. The highest BCUT2D eigenvalue weighted by atomic mass is 16.6. The first-order valence-corrected chi connectivity index (χ1v) is 25.3. The third kappa shape index (κ3) is 48.1. The van der Waals surface area contributed by atoms with E-state index in [0.717, 1.165) is 64.2 Å². The Labute approximate surface area is 366 Å². The molecule has 5 nitrogen and oxygen atoms in total. The van der Waals surface area contributed by atoms with Crippen LogP contribution in [0, 0.1) is 0 Å². The Hall–Kier alpha value is -2.40. The number of hydrogen-bond acceptors (Lipinski definition) is 5. The summed E-state index contributed by atoms with van der Waals surface area (Å²) in [6, 6.07) is 0. The Morgan fingerprint density at radius 2 is 0.695 bits per heavy atom. The van der Waals surface area contributed by atoms with Crippen molar-refractivity contribution in [3.63, 3.8) is 0 Å². The smallest absolute Gasteiger partial charge is 0.306 e. The highest BCUT2D eigenvalue weighted by Gasteiger charge is 2.16. The minimum atomic E-state index is -0.778. The van der Waals surface area contributed by atoms with Gasteiger partial charge in [-0.2, -0.15) is 0 Å². The van der Waals surface area contributed by atoms with E-state index in [1.807, 2.05) is 0 Å². The third-order valence-electron chi connectivity index (χ3n) is 11.0. The number of rotatable bonds is 46. The average Bonchev–Trinajstić information content (AvgIpc) is 3.24. The van der Waals surface area contributed by atoms with Crippen molar-refractivity contribution in [2.45, 2.75) is 258 Å². The second-order valence-electron chi connectivity index (χ2n) is 16.9. The Morgan fingerprint density at radius 3 is 1.07 bits per heavy atom. The van der Waals surface area contributed by atoms with E-state index in [1.165, 1.54) is 161 Å². The fourth-order valence-electron chi connectivity index (χ4n) is 7.17. The quantitative estimate of drug-likeness (QED) is 0.0376. The van der Waals surface area contributed by atoms with Crippen molar-refractivity contribution in [3.8, 4) is 0 Å². The molecule has 0 aromatic rings. The monoisotopic (exact) mass is 825 g/mol. The van der Waals surface area contributed by atoms with Crippen molar-refractivity contribution in [2.75, 3.05) is 13.2 Å². The fraction of sp³-hybridized carbons (Fsp3) is 0.778. The number of carbonyl (C=O) groups excluding carboxylic acids is 2. The maximum atomic E-state index is 12.3. The highest BCUT2D eigenvalue weighted by molar-refractivity contribution is 5.70. The Balaban J connectivity index is 3.47. The molecule has 0 aliphatic heterocycles. The summed E-state index contributed by atoms with van der Waals surface area (Å²) in [4.78, 5) is 24.4. The number of aliphatic hydroxyl groups is 1. The summed E-state index contributed by atoms with van der Waals surface area (Å²) in [5, 5.41) is 9.60. The number of aliphatic hydroxyl groups excluding tert-OH is 1. The maximum Gasteiger partial charge on any atom is 0.306 e. The minimum absolute atomic E-state index is 0.0730. The van der Waals surface area contributed by atoms with Gasteiger partial charge in [0.05, 0.1) is 6.61 Å². The molecule has 1 N–H and O–H groups in total. The predicted octanol–water partition coefficient (Wildman–Crippen LogP) is 16.7. The molecule has 0 aliphatic rings. The highest BCUT2D eigenvalue weighted by Crippen LogP contribution is 2.15. The van der Waals surface area contributed by atoms with E-state index in [4.69, 9.17) is 9.47 Å². The first-order valence-electron chi connectivity index (χ1n) is 25.3. The van der Waals surface area contributed by atoms with E-state index in [0.29, 0.717) is 12.8 Å². The lowest BCUT2D eigenvalue weighted by molar-refractivity contribution is -0.161. The van der Waals surface area contributed by atoms with Crippen LogP contribution in [0.4, 0.5) is 0 Å². The van der Waals surface area contributed by atoms with E-state index in [2.05, 4.69) is 74.6 Å². The number of unbranched alkanes of at least 4 members (excludes halogenated alkanes) is 28. The number of esters is 2. The molecule has 0 aromatic heterocycles. The van der Waals surface area contributed by atoms with Gasteiger partial charge in [0.1, 0.15) is 6.61 Å². The van der Waals surface area contributed by atoms with Gasteiger partial charge in [-0.1, -0.05) is 222 Å². The van der Waals surface area contributed by atoms with Crippen molar-refractivity contribution >= 4 is 11.9 Å². The van der Waals surface area contributed by atoms with Crippen molar-refractivity contribution in [1.82, 2.24) is 0 Å². The van der Waals surface area contributed by atoms with Gasteiger partial charge in [-0.05, 0) is 77.0 Å². The van der Waals surface area contributed by atoms with Crippen molar-refractivity contribution < 1.29 is 24.2 Å². The van der Waals surface area contributed by atoms with Gasteiger partial charge >= 0.3 is 11.9 Å². The number of carbonyl (C=O) groups is 2. The van der Waals surface area contributed by atoms with Crippen LogP contribution in [0.2, 0.25) is 0 Å². The lowest BCUT2D eigenvalue weighted by Gasteiger charge is -2.15. The molecular weight excluding hydrogens is 729 g/mol. The standard InChI is InChI=1S/C54H96O5/c1-3-5-7-9-11-13-15-17-19-20-21-22-23-24-25-26-27-28-29-30-31-32-33-34-35-37-39-41-43-45-47-49-54(57)59-52(50-55)51-58-53(56)48-46-44-42-40-38-36-18-16-14-12-10-8-6-4-2/h10,12,15-18,20-21,23-24,52,55H,3-9,11,13-14,19,22,25-51H2,1-2H3/b12-10-,17-15-,18-16-,21-20-,24-23-. The van der Waals surface area contributed by atoms with Crippen LogP contribution in [0.1, 0.15) is 251 Å². The third-order valence-corrected chi connectivity index (χ3v) is 11.0. The molecule has 0 amide bonds. The molecule has 0 rings (SSSR count). The molecule has 0 saturated heterocycles. The Morgan fingerprint density at radius 1 is 0.390 bits per heavy atom. The molecule has 59 heavy (non-hydrogen) atoms. The van der Waals surface area contributed by atoms with Crippen molar-refractivity contribution in [3.05, 3.63) is 60.8 Å². The van der Waals surface area contributed by atoms with E-state index in [-0.39, 0.29) is 25.2 Å². The van der Waals surface area contributed by atoms with Crippen molar-refractivity contribution in [1.29, 1.82) is 0 Å². The average molecular weight is 825 g/mol. The summed E-state index contributed by atoms with van der Waals surface area (Å²) in [7, 11) is 0. The molecule has 0 aromatic carbocycles. The van der Waals surface area contributed by atoms with Gasteiger partial charge in [0.15, 0.2) is 6.10 Å². The van der Waals surface area contributed by atoms with Gasteiger partial charge in [0.25, 0.3) is 0 Å². The first-order chi connectivity index (χ1) is 29.1. The summed E-state index contributed by atoms with van der Waals surface area (Å²) in [6.45, 7) is 4.09. The zero-order valence-corrected chi connectivity index (χ0v) is 39.0. The topological polar surface area (TPSA) is 72.8 Å². The largest absolute Gasteiger partial charge is 0.462 e. The molecule has 0 radical (unpaired) electrons. The van der Waals surface area contributed by atoms with E-state index >= 15 is 0 Å². The fourth-order valence-corrected chi connectivity index (χ4v) is 7.17. The molecular formula is C54H96O5. The number of ether oxygens (including phenoxy) is 2. The van der Waals surface area contributed by atoms with Gasteiger partial charge in [-0.25, -0.2) is 0 Å².